The standard InChI is InChI=1S/C18H14F2O/c1-13(12-21)18(15-5-9-17(20)10-6-15)11-4-14-2-7-16(19)8-3-14/h2-12,18H,1H2/b11-4+. The Morgan fingerprint density at radius 1 is 0.952 bits per heavy atom. The molecule has 2 aromatic carbocycles. The molecule has 0 spiro atoms. The number of rotatable bonds is 5. The lowest BCUT2D eigenvalue weighted by molar-refractivity contribution is -0.105. The number of carbonyl (C=O) groups excluding carboxylic acids is 1. The first kappa shape index (κ1) is 14.9. The monoisotopic (exact) mass is 284 g/mol. The number of aldehydes is 1. The number of benzene rings is 2. The lowest BCUT2D eigenvalue weighted by Crippen LogP contribution is -2.00. The molecule has 2 aromatic rings. The summed E-state index contributed by atoms with van der Waals surface area (Å²) in [5.74, 6) is -0.982. The van der Waals surface area contributed by atoms with Crippen LogP contribution in [0.1, 0.15) is 17.0 Å². The Bertz CT molecular complexity index is 655. The third-order valence-corrected chi connectivity index (χ3v) is 3.13. The van der Waals surface area contributed by atoms with Gasteiger partial charge in [-0.05, 0) is 41.0 Å². The molecule has 106 valence electrons. The van der Waals surface area contributed by atoms with Gasteiger partial charge in [0.05, 0.1) is 0 Å². The summed E-state index contributed by atoms with van der Waals surface area (Å²) in [6.07, 6.45) is 4.25. The summed E-state index contributed by atoms with van der Waals surface area (Å²) in [6.45, 7) is 3.73. The first-order valence-corrected chi connectivity index (χ1v) is 6.43. The second-order valence-corrected chi connectivity index (χ2v) is 4.63. The molecule has 1 unspecified atom stereocenters. The molecule has 0 amide bonds. The van der Waals surface area contributed by atoms with Crippen LogP contribution in [0.2, 0.25) is 0 Å². The van der Waals surface area contributed by atoms with E-state index in [2.05, 4.69) is 6.58 Å². The van der Waals surface area contributed by atoms with E-state index in [1.807, 2.05) is 0 Å². The van der Waals surface area contributed by atoms with Crippen molar-refractivity contribution in [1.82, 2.24) is 0 Å². The van der Waals surface area contributed by atoms with E-state index >= 15 is 0 Å². The molecule has 3 heteroatoms. The van der Waals surface area contributed by atoms with E-state index < -0.39 is 0 Å². The maximum absolute atomic E-state index is 13.0. The average molecular weight is 284 g/mol. The van der Waals surface area contributed by atoms with Crippen LogP contribution in [0.25, 0.3) is 6.08 Å². The Hall–Kier alpha value is -2.55. The first-order valence-electron chi connectivity index (χ1n) is 6.43. The van der Waals surface area contributed by atoms with Crippen molar-refractivity contribution in [2.45, 2.75) is 5.92 Å². The Morgan fingerprint density at radius 3 is 2.00 bits per heavy atom. The van der Waals surface area contributed by atoms with Gasteiger partial charge in [0, 0.05) is 5.92 Å². The first-order chi connectivity index (χ1) is 10.1. The summed E-state index contributed by atoms with van der Waals surface area (Å²) >= 11 is 0. The molecule has 0 N–H and O–H groups in total. The molecule has 0 bridgehead atoms. The molecule has 0 radical (unpaired) electrons. The fraction of sp³-hybridized carbons (Fsp3) is 0.0556. The molecule has 21 heavy (non-hydrogen) atoms. The quantitative estimate of drug-likeness (QED) is 0.583. The molecule has 0 aliphatic heterocycles. The summed E-state index contributed by atoms with van der Waals surface area (Å²) in [7, 11) is 0. The van der Waals surface area contributed by atoms with Gasteiger partial charge in [0.2, 0.25) is 0 Å². The molecule has 0 aromatic heterocycles. The lowest BCUT2D eigenvalue weighted by Gasteiger charge is -2.12. The van der Waals surface area contributed by atoms with Crippen molar-refractivity contribution in [2.24, 2.45) is 0 Å². The maximum Gasteiger partial charge on any atom is 0.146 e. The Balaban J connectivity index is 2.28. The average Bonchev–Trinajstić information content (AvgIpc) is 2.50. The van der Waals surface area contributed by atoms with Crippen LogP contribution >= 0.6 is 0 Å². The Kier molecular flexibility index (Phi) is 4.77. The summed E-state index contributed by atoms with van der Waals surface area (Å²) in [5.41, 5.74) is 1.95. The van der Waals surface area contributed by atoms with Crippen molar-refractivity contribution < 1.29 is 13.6 Å². The molecule has 2 rings (SSSR count). The summed E-state index contributed by atoms with van der Waals surface area (Å²) in [5, 5.41) is 0. The zero-order valence-electron chi connectivity index (χ0n) is 11.3. The highest BCUT2D eigenvalue weighted by atomic mass is 19.1. The van der Waals surface area contributed by atoms with Gasteiger partial charge in [0.1, 0.15) is 17.9 Å². The third-order valence-electron chi connectivity index (χ3n) is 3.13. The molecular formula is C18H14F2O. The van der Waals surface area contributed by atoms with Gasteiger partial charge in [0.15, 0.2) is 0 Å². The number of hydrogen-bond donors (Lipinski definition) is 0. The fourth-order valence-electron chi connectivity index (χ4n) is 1.97. The summed E-state index contributed by atoms with van der Waals surface area (Å²) < 4.78 is 25.8. The number of hydrogen-bond acceptors (Lipinski definition) is 1. The largest absolute Gasteiger partial charge is 0.298 e. The van der Waals surface area contributed by atoms with Crippen LogP contribution in [-0.2, 0) is 4.79 Å². The summed E-state index contributed by atoms with van der Waals surface area (Å²) in [4.78, 5) is 11.0. The second-order valence-electron chi connectivity index (χ2n) is 4.63. The zero-order valence-corrected chi connectivity index (χ0v) is 11.3. The highest BCUT2D eigenvalue weighted by Crippen LogP contribution is 2.25. The van der Waals surface area contributed by atoms with E-state index in [1.54, 1.807) is 36.4 Å². The van der Waals surface area contributed by atoms with Crippen LogP contribution in [0.15, 0.2) is 66.8 Å². The smallest absolute Gasteiger partial charge is 0.146 e. The minimum absolute atomic E-state index is 0.306. The molecule has 0 aliphatic rings. The third kappa shape index (κ3) is 3.96. The molecular weight excluding hydrogens is 270 g/mol. The van der Waals surface area contributed by atoms with Gasteiger partial charge in [0.25, 0.3) is 0 Å². The number of allylic oxidation sites excluding steroid dienone is 2. The van der Waals surface area contributed by atoms with Crippen molar-refractivity contribution in [3.8, 4) is 0 Å². The van der Waals surface area contributed by atoms with Gasteiger partial charge >= 0.3 is 0 Å². The topological polar surface area (TPSA) is 17.1 Å². The van der Waals surface area contributed by atoms with E-state index in [9.17, 15) is 13.6 Å². The van der Waals surface area contributed by atoms with Crippen molar-refractivity contribution >= 4 is 12.4 Å². The van der Waals surface area contributed by atoms with Crippen LogP contribution in [0, 0.1) is 11.6 Å². The van der Waals surface area contributed by atoms with E-state index in [1.165, 1.54) is 24.3 Å². The molecule has 0 saturated carbocycles. The molecule has 1 nitrogen and oxygen atoms in total. The van der Waals surface area contributed by atoms with Gasteiger partial charge < -0.3 is 0 Å². The highest BCUT2D eigenvalue weighted by molar-refractivity contribution is 5.76. The van der Waals surface area contributed by atoms with Gasteiger partial charge in [-0.25, -0.2) is 8.78 Å². The summed E-state index contributed by atoms with van der Waals surface area (Å²) in [6, 6.07) is 11.9. The van der Waals surface area contributed by atoms with E-state index in [0.29, 0.717) is 11.9 Å². The van der Waals surface area contributed by atoms with Crippen LogP contribution in [0.4, 0.5) is 8.78 Å². The normalized spacial score (nSPS) is 12.3. The van der Waals surface area contributed by atoms with E-state index in [0.717, 1.165) is 11.1 Å². The van der Waals surface area contributed by atoms with Crippen LogP contribution in [0.5, 0.6) is 0 Å². The van der Waals surface area contributed by atoms with Gasteiger partial charge in [-0.2, -0.15) is 0 Å². The van der Waals surface area contributed by atoms with Crippen LogP contribution in [-0.4, -0.2) is 6.29 Å². The SMILES string of the molecule is C=C(C=O)C(/C=C/c1ccc(F)cc1)c1ccc(F)cc1. The van der Waals surface area contributed by atoms with Gasteiger partial charge in [-0.3, -0.25) is 4.79 Å². The van der Waals surface area contributed by atoms with Crippen molar-refractivity contribution in [2.75, 3.05) is 0 Å². The van der Waals surface area contributed by atoms with Crippen molar-refractivity contribution in [3.05, 3.63) is 89.5 Å². The maximum atomic E-state index is 13.0. The number of carbonyl (C=O) groups is 1. The van der Waals surface area contributed by atoms with Crippen molar-refractivity contribution in [1.29, 1.82) is 0 Å². The number of halogens is 2. The minimum Gasteiger partial charge on any atom is -0.298 e. The molecule has 0 fully saturated rings. The van der Waals surface area contributed by atoms with Gasteiger partial charge in [-0.15, -0.1) is 0 Å². The van der Waals surface area contributed by atoms with Crippen molar-refractivity contribution in [3.63, 3.8) is 0 Å². The highest BCUT2D eigenvalue weighted by Gasteiger charge is 2.11. The predicted molar refractivity (Wildman–Crippen MR) is 79.8 cm³/mol. The molecule has 0 heterocycles. The van der Waals surface area contributed by atoms with Crippen LogP contribution in [0.3, 0.4) is 0 Å². The predicted octanol–water partition coefficient (Wildman–Crippen LogP) is 4.52. The second kappa shape index (κ2) is 6.75. The molecule has 1 atom stereocenters. The molecule has 0 saturated heterocycles. The lowest BCUT2D eigenvalue weighted by atomic mass is 9.91. The molecule has 0 aliphatic carbocycles. The zero-order chi connectivity index (χ0) is 15.2. The Morgan fingerprint density at radius 2 is 1.48 bits per heavy atom. The van der Waals surface area contributed by atoms with E-state index in [4.69, 9.17) is 0 Å². The Labute approximate surface area is 122 Å². The fourth-order valence-corrected chi connectivity index (χ4v) is 1.97. The van der Waals surface area contributed by atoms with Gasteiger partial charge in [-0.1, -0.05) is 43.0 Å². The minimum atomic E-state index is -0.340. The van der Waals surface area contributed by atoms with E-state index in [-0.39, 0.29) is 17.6 Å². The van der Waals surface area contributed by atoms with Crippen LogP contribution < -0.4 is 0 Å².